The molecule has 2 saturated heterocycles. The molecular weight excluding hydrogens is 438 g/mol. The number of aromatic nitrogens is 1. The predicted octanol–water partition coefficient (Wildman–Crippen LogP) is 3.99. The van der Waals surface area contributed by atoms with Crippen LogP contribution < -0.4 is 15.5 Å². The molecule has 0 spiro atoms. The molecule has 33 heavy (non-hydrogen) atoms. The molecular formula is C24H35N5O3S. The molecule has 2 aromatic rings. The van der Waals surface area contributed by atoms with Gasteiger partial charge in [0.15, 0.2) is 5.13 Å². The summed E-state index contributed by atoms with van der Waals surface area (Å²) in [6, 6.07) is 5.95. The Morgan fingerprint density at radius 3 is 2.88 bits per heavy atom. The molecule has 2 N–H and O–H groups in total. The number of amides is 2. The molecule has 0 aliphatic carbocycles. The van der Waals surface area contributed by atoms with Gasteiger partial charge in [-0.3, -0.25) is 10.7 Å². The molecule has 4 rings (SSSR count). The SMILES string of the molecule is CCCc1ccc(OC)c(-c2csc(NC(=O)NN3CCN(CCC4CCCO4)CC3)n2)c1. The van der Waals surface area contributed by atoms with Crippen LogP contribution in [0.15, 0.2) is 23.6 Å². The highest BCUT2D eigenvalue weighted by Crippen LogP contribution is 2.33. The number of ether oxygens (including phenoxy) is 2. The molecule has 1 atom stereocenters. The van der Waals surface area contributed by atoms with Crippen LogP contribution in [0.5, 0.6) is 5.75 Å². The van der Waals surface area contributed by atoms with Gasteiger partial charge in [-0.1, -0.05) is 19.4 Å². The van der Waals surface area contributed by atoms with Crippen molar-refractivity contribution in [3.63, 3.8) is 0 Å². The van der Waals surface area contributed by atoms with Crippen LogP contribution in [0.25, 0.3) is 11.3 Å². The first kappa shape index (κ1) is 23.9. The van der Waals surface area contributed by atoms with Gasteiger partial charge in [-0.25, -0.2) is 14.8 Å². The fourth-order valence-corrected chi connectivity index (χ4v) is 5.11. The van der Waals surface area contributed by atoms with Crippen molar-refractivity contribution >= 4 is 22.5 Å². The molecule has 1 unspecified atom stereocenters. The zero-order valence-corrected chi connectivity index (χ0v) is 20.5. The third-order valence-electron chi connectivity index (χ3n) is 6.23. The van der Waals surface area contributed by atoms with Crippen molar-refractivity contribution < 1.29 is 14.3 Å². The molecule has 0 saturated carbocycles. The largest absolute Gasteiger partial charge is 0.496 e. The summed E-state index contributed by atoms with van der Waals surface area (Å²) in [5.74, 6) is 0.786. The van der Waals surface area contributed by atoms with Crippen LogP contribution in [0.2, 0.25) is 0 Å². The van der Waals surface area contributed by atoms with Crippen molar-refractivity contribution in [1.82, 2.24) is 20.3 Å². The van der Waals surface area contributed by atoms with E-state index in [1.807, 2.05) is 16.5 Å². The molecule has 3 heterocycles. The van der Waals surface area contributed by atoms with Crippen LogP contribution in [0.1, 0.15) is 38.2 Å². The first-order valence-corrected chi connectivity index (χ1v) is 12.8. The number of urea groups is 1. The Balaban J connectivity index is 1.25. The van der Waals surface area contributed by atoms with Crippen molar-refractivity contribution in [1.29, 1.82) is 0 Å². The van der Waals surface area contributed by atoms with Gasteiger partial charge in [0.1, 0.15) is 5.75 Å². The molecule has 1 aromatic heterocycles. The van der Waals surface area contributed by atoms with Crippen molar-refractivity contribution in [2.45, 2.75) is 45.1 Å². The molecule has 2 fully saturated rings. The molecule has 2 aliphatic rings. The Hall–Kier alpha value is -2.20. The summed E-state index contributed by atoms with van der Waals surface area (Å²) in [7, 11) is 1.67. The van der Waals surface area contributed by atoms with E-state index >= 15 is 0 Å². The summed E-state index contributed by atoms with van der Waals surface area (Å²) in [6.07, 6.45) is 6.01. The van der Waals surface area contributed by atoms with Crippen LogP contribution in [-0.4, -0.2) is 73.5 Å². The van der Waals surface area contributed by atoms with Crippen LogP contribution in [0.4, 0.5) is 9.93 Å². The topological polar surface area (TPSA) is 79.0 Å². The maximum atomic E-state index is 12.5. The second-order valence-electron chi connectivity index (χ2n) is 8.64. The number of nitrogens with one attached hydrogen (secondary N) is 2. The maximum Gasteiger partial charge on any atom is 0.335 e. The zero-order chi connectivity index (χ0) is 23.0. The molecule has 0 radical (unpaired) electrons. The minimum absolute atomic E-state index is 0.254. The summed E-state index contributed by atoms with van der Waals surface area (Å²) in [5.41, 5.74) is 5.97. The number of benzene rings is 1. The van der Waals surface area contributed by atoms with E-state index in [2.05, 4.69) is 39.7 Å². The fraction of sp³-hybridized carbons (Fsp3) is 0.583. The third-order valence-corrected chi connectivity index (χ3v) is 6.98. The van der Waals surface area contributed by atoms with E-state index in [0.29, 0.717) is 11.2 Å². The Kier molecular flexibility index (Phi) is 8.55. The normalized spacial score (nSPS) is 19.5. The van der Waals surface area contributed by atoms with E-state index in [0.717, 1.165) is 75.6 Å². The number of carbonyl (C=O) groups is 1. The average molecular weight is 474 g/mol. The lowest BCUT2D eigenvalue weighted by atomic mass is 10.0. The molecule has 180 valence electrons. The van der Waals surface area contributed by atoms with E-state index in [1.165, 1.54) is 29.7 Å². The van der Waals surface area contributed by atoms with Gasteiger partial charge in [-0.05, 0) is 43.4 Å². The van der Waals surface area contributed by atoms with Crippen molar-refractivity contribution in [2.24, 2.45) is 0 Å². The second kappa shape index (κ2) is 11.8. The number of aryl methyl sites for hydroxylation is 1. The van der Waals surface area contributed by atoms with Gasteiger partial charge < -0.3 is 14.4 Å². The van der Waals surface area contributed by atoms with E-state index in [-0.39, 0.29) is 6.03 Å². The first-order chi connectivity index (χ1) is 16.1. The van der Waals surface area contributed by atoms with E-state index in [9.17, 15) is 4.79 Å². The quantitative estimate of drug-likeness (QED) is 0.573. The minimum atomic E-state index is -0.254. The standard InChI is InChI=1S/C24H35N5O3S/c1-3-5-18-7-8-22(31-2)20(16-18)21-17-33-24(25-21)26-23(30)27-29-13-11-28(12-14-29)10-9-19-6-4-15-32-19/h7-8,16-17,19H,3-6,9-15H2,1-2H3,(H2,25,26,27,30). The maximum absolute atomic E-state index is 12.5. The Bertz CT molecular complexity index is 907. The van der Waals surface area contributed by atoms with Gasteiger partial charge in [0, 0.05) is 50.3 Å². The number of rotatable bonds is 9. The van der Waals surface area contributed by atoms with Crippen molar-refractivity contribution in [3.8, 4) is 17.0 Å². The highest BCUT2D eigenvalue weighted by atomic mass is 32.1. The van der Waals surface area contributed by atoms with Gasteiger partial charge >= 0.3 is 6.03 Å². The molecule has 2 amide bonds. The van der Waals surface area contributed by atoms with Gasteiger partial charge in [-0.2, -0.15) is 0 Å². The van der Waals surface area contributed by atoms with Crippen LogP contribution in [0.3, 0.4) is 0 Å². The molecule has 0 bridgehead atoms. The Labute approximate surface area is 200 Å². The zero-order valence-electron chi connectivity index (χ0n) is 19.6. The summed E-state index contributed by atoms with van der Waals surface area (Å²) < 4.78 is 11.2. The first-order valence-electron chi connectivity index (χ1n) is 11.9. The predicted molar refractivity (Wildman–Crippen MR) is 132 cm³/mol. The monoisotopic (exact) mass is 473 g/mol. The van der Waals surface area contributed by atoms with Gasteiger partial charge in [0.2, 0.25) is 0 Å². The number of carbonyl (C=O) groups excluding carboxylic acids is 1. The van der Waals surface area contributed by atoms with Crippen molar-refractivity contribution in [3.05, 3.63) is 29.1 Å². The highest BCUT2D eigenvalue weighted by Gasteiger charge is 2.21. The number of piperazine rings is 1. The highest BCUT2D eigenvalue weighted by molar-refractivity contribution is 7.14. The van der Waals surface area contributed by atoms with Crippen LogP contribution in [0, 0.1) is 0 Å². The van der Waals surface area contributed by atoms with E-state index in [1.54, 1.807) is 7.11 Å². The number of hydrogen-bond acceptors (Lipinski definition) is 7. The fourth-order valence-electron chi connectivity index (χ4n) is 4.40. The second-order valence-corrected chi connectivity index (χ2v) is 9.50. The average Bonchev–Trinajstić information content (AvgIpc) is 3.51. The van der Waals surface area contributed by atoms with E-state index in [4.69, 9.17) is 9.47 Å². The number of hydrogen-bond donors (Lipinski definition) is 2. The van der Waals surface area contributed by atoms with E-state index < -0.39 is 0 Å². The number of thiazole rings is 1. The number of nitrogens with zero attached hydrogens (tertiary/aromatic N) is 3. The molecule has 8 nitrogen and oxygen atoms in total. The summed E-state index contributed by atoms with van der Waals surface area (Å²) >= 11 is 1.41. The summed E-state index contributed by atoms with van der Waals surface area (Å²) in [4.78, 5) is 19.6. The Morgan fingerprint density at radius 1 is 1.30 bits per heavy atom. The third kappa shape index (κ3) is 6.66. The molecule has 9 heteroatoms. The van der Waals surface area contributed by atoms with Gasteiger partial charge in [-0.15, -0.1) is 11.3 Å². The summed E-state index contributed by atoms with van der Waals surface area (Å²) in [6.45, 7) is 7.66. The van der Waals surface area contributed by atoms with Gasteiger partial charge in [0.05, 0.1) is 18.9 Å². The number of methoxy groups -OCH3 is 1. The molecule has 2 aliphatic heterocycles. The minimum Gasteiger partial charge on any atom is -0.496 e. The number of hydrazine groups is 1. The smallest absolute Gasteiger partial charge is 0.335 e. The lowest BCUT2D eigenvalue weighted by molar-refractivity contribution is 0.0688. The van der Waals surface area contributed by atoms with Crippen LogP contribution >= 0.6 is 11.3 Å². The van der Waals surface area contributed by atoms with Gasteiger partial charge in [0.25, 0.3) is 0 Å². The van der Waals surface area contributed by atoms with Crippen LogP contribution in [-0.2, 0) is 11.2 Å². The lowest BCUT2D eigenvalue weighted by Crippen LogP contribution is -2.54. The van der Waals surface area contributed by atoms with Crippen molar-refractivity contribution in [2.75, 3.05) is 51.8 Å². The lowest BCUT2D eigenvalue weighted by Gasteiger charge is -2.34. The Morgan fingerprint density at radius 2 is 2.15 bits per heavy atom. The number of anilines is 1. The molecule has 1 aromatic carbocycles. The summed E-state index contributed by atoms with van der Waals surface area (Å²) in [5, 5.41) is 7.38.